The summed E-state index contributed by atoms with van der Waals surface area (Å²) in [5, 5.41) is 0. The lowest BCUT2D eigenvalue weighted by atomic mass is 10.3. The van der Waals surface area contributed by atoms with Gasteiger partial charge in [0.25, 0.3) is 0 Å². The molecule has 1 amide bonds. The average Bonchev–Trinajstić information content (AvgIpc) is 2.39. The normalized spacial score (nSPS) is 15.9. The largest absolute Gasteiger partial charge is 0.353 e. The van der Waals surface area contributed by atoms with E-state index >= 15 is 0 Å². The summed E-state index contributed by atoms with van der Waals surface area (Å²) in [4.78, 5) is 23.3. The van der Waals surface area contributed by atoms with Gasteiger partial charge in [0.05, 0.1) is 0 Å². The van der Waals surface area contributed by atoms with Crippen molar-refractivity contribution in [3.05, 3.63) is 12.4 Å². The molecule has 7 nitrogen and oxygen atoms in total. The lowest BCUT2D eigenvalue weighted by molar-refractivity contribution is -0.129. The van der Waals surface area contributed by atoms with Gasteiger partial charge in [0, 0.05) is 39.2 Å². The van der Waals surface area contributed by atoms with Gasteiger partial charge in [-0.2, -0.15) is 0 Å². The highest BCUT2D eigenvalue weighted by Gasteiger charge is 2.19. The highest BCUT2D eigenvalue weighted by atomic mass is 16.2. The maximum Gasteiger partial charge on any atom is 0.219 e. The Kier molecular flexibility index (Phi) is 3.38. The quantitative estimate of drug-likeness (QED) is 0.528. The van der Waals surface area contributed by atoms with Crippen molar-refractivity contribution < 1.29 is 4.79 Å². The van der Waals surface area contributed by atoms with E-state index in [4.69, 9.17) is 5.84 Å². The lowest BCUT2D eigenvalue weighted by Gasteiger charge is -2.34. The molecule has 2 heterocycles. The number of carbonyl (C=O) groups is 1. The second-order valence-corrected chi connectivity index (χ2v) is 3.90. The Morgan fingerprint density at radius 1 is 1.35 bits per heavy atom. The molecule has 1 aromatic rings. The van der Waals surface area contributed by atoms with Crippen molar-refractivity contribution >= 4 is 17.5 Å². The molecule has 0 radical (unpaired) electrons. The van der Waals surface area contributed by atoms with E-state index in [0.717, 1.165) is 32.0 Å². The van der Waals surface area contributed by atoms with Crippen molar-refractivity contribution in [1.82, 2.24) is 14.9 Å². The number of amides is 1. The number of anilines is 2. The van der Waals surface area contributed by atoms with Crippen LogP contribution in [-0.2, 0) is 4.79 Å². The second kappa shape index (κ2) is 4.96. The molecule has 1 aromatic heterocycles. The number of nitrogens with zero attached hydrogens (tertiary/aromatic N) is 4. The maximum atomic E-state index is 11.2. The molecular weight excluding hydrogens is 220 g/mol. The number of nitrogen functional groups attached to an aromatic ring is 1. The molecule has 1 fully saturated rings. The number of hydrazine groups is 1. The number of nitrogens with two attached hydrogens (primary N) is 1. The first-order valence-electron chi connectivity index (χ1n) is 5.50. The van der Waals surface area contributed by atoms with Gasteiger partial charge < -0.3 is 15.2 Å². The van der Waals surface area contributed by atoms with Crippen LogP contribution >= 0.6 is 0 Å². The van der Waals surface area contributed by atoms with Gasteiger partial charge in [0.2, 0.25) is 5.91 Å². The fourth-order valence-corrected chi connectivity index (χ4v) is 1.85. The van der Waals surface area contributed by atoms with Crippen LogP contribution in [0.5, 0.6) is 0 Å². The standard InChI is InChI=1S/C10H16N6O/c1-8(17)15-2-4-16(5-3-15)10-6-9(14-11)12-7-13-10/h6-7H,2-5,11H2,1H3,(H,12,13,14). The molecule has 17 heavy (non-hydrogen) atoms. The van der Waals surface area contributed by atoms with E-state index in [-0.39, 0.29) is 5.91 Å². The van der Waals surface area contributed by atoms with E-state index in [2.05, 4.69) is 20.3 Å². The Labute approximate surface area is 99.6 Å². The number of aromatic nitrogens is 2. The molecule has 0 aliphatic carbocycles. The first-order valence-corrected chi connectivity index (χ1v) is 5.50. The molecule has 1 aliphatic rings. The van der Waals surface area contributed by atoms with Gasteiger partial charge in [0.1, 0.15) is 18.0 Å². The lowest BCUT2D eigenvalue weighted by Crippen LogP contribution is -2.48. The van der Waals surface area contributed by atoms with E-state index in [0.29, 0.717) is 5.82 Å². The van der Waals surface area contributed by atoms with Gasteiger partial charge in [-0.1, -0.05) is 0 Å². The fraction of sp³-hybridized carbons (Fsp3) is 0.500. The predicted molar refractivity (Wildman–Crippen MR) is 64.3 cm³/mol. The van der Waals surface area contributed by atoms with Gasteiger partial charge in [-0.15, -0.1) is 0 Å². The molecule has 0 aromatic carbocycles. The van der Waals surface area contributed by atoms with E-state index in [1.54, 1.807) is 13.0 Å². The molecule has 3 N–H and O–H groups in total. The monoisotopic (exact) mass is 236 g/mol. The van der Waals surface area contributed by atoms with Gasteiger partial charge in [-0.3, -0.25) is 4.79 Å². The topological polar surface area (TPSA) is 87.4 Å². The summed E-state index contributed by atoms with van der Waals surface area (Å²) >= 11 is 0. The summed E-state index contributed by atoms with van der Waals surface area (Å²) in [6.45, 7) is 4.60. The molecular formula is C10H16N6O. The third-order valence-electron chi connectivity index (χ3n) is 2.85. The first kappa shape index (κ1) is 11.6. The SMILES string of the molecule is CC(=O)N1CCN(c2cc(NN)ncn2)CC1. The third-order valence-corrected chi connectivity index (χ3v) is 2.85. The number of hydrogen-bond acceptors (Lipinski definition) is 6. The summed E-state index contributed by atoms with van der Waals surface area (Å²) in [5.41, 5.74) is 2.49. The Morgan fingerprint density at radius 3 is 2.65 bits per heavy atom. The molecule has 7 heteroatoms. The number of carbonyl (C=O) groups excluding carboxylic acids is 1. The van der Waals surface area contributed by atoms with Crippen LogP contribution in [-0.4, -0.2) is 47.0 Å². The van der Waals surface area contributed by atoms with Gasteiger partial charge in [-0.05, 0) is 0 Å². The zero-order valence-electron chi connectivity index (χ0n) is 9.76. The van der Waals surface area contributed by atoms with Crippen LogP contribution in [0.25, 0.3) is 0 Å². The Balaban J connectivity index is 2.02. The van der Waals surface area contributed by atoms with Crippen molar-refractivity contribution in [2.24, 2.45) is 5.84 Å². The molecule has 92 valence electrons. The zero-order chi connectivity index (χ0) is 12.3. The van der Waals surface area contributed by atoms with Crippen LogP contribution in [0, 0.1) is 0 Å². The van der Waals surface area contributed by atoms with Crippen molar-refractivity contribution in [2.75, 3.05) is 36.5 Å². The molecule has 0 bridgehead atoms. The van der Waals surface area contributed by atoms with Crippen molar-refractivity contribution in [2.45, 2.75) is 6.92 Å². The van der Waals surface area contributed by atoms with Crippen LogP contribution < -0.4 is 16.2 Å². The summed E-state index contributed by atoms with van der Waals surface area (Å²) in [7, 11) is 0. The summed E-state index contributed by atoms with van der Waals surface area (Å²) in [6, 6.07) is 1.80. The second-order valence-electron chi connectivity index (χ2n) is 3.90. The highest BCUT2D eigenvalue weighted by Crippen LogP contribution is 2.15. The van der Waals surface area contributed by atoms with Crippen molar-refractivity contribution in [3.63, 3.8) is 0 Å². The molecule has 2 rings (SSSR count). The smallest absolute Gasteiger partial charge is 0.219 e. The Morgan fingerprint density at radius 2 is 2.06 bits per heavy atom. The number of piperazine rings is 1. The molecule has 1 aliphatic heterocycles. The number of nitrogens with one attached hydrogen (secondary N) is 1. The molecule has 0 atom stereocenters. The van der Waals surface area contributed by atoms with E-state index in [1.807, 2.05) is 4.90 Å². The molecule has 1 saturated heterocycles. The highest BCUT2D eigenvalue weighted by molar-refractivity contribution is 5.73. The average molecular weight is 236 g/mol. The van der Waals surface area contributed by atoms with Crippen LogP contribution in [0.2, 0.25) is 0 Å². The maximum absolute atomic E-state index is 11.2. The summed E-state index contributed by atoms with van der Waals surface area (Å²) in [6.07, 6.45) is 1.47. The van der Waals surface area contributed by atoms with E-state index < -0.39 is 0 Å². The van der Waals surface area contributed by atoms with Gasteiger partial charge in [0.15, 0.2) is 0 Å². The number of rotatable bonds is 2. The van der Waals surface area contributed by atoms with Gasteiger partial charge >= 0.3 is 0 Å². The first-order chi connectivity index (χ1) is 8.20. The van der Waals surface area contributed by atoms with Crippen molar-refractivity contribution in [1.29, 1.82) is 0 Å². The van der Waals surface area contributed by atoms with E-state index in [9.17, 15) is 4.79 Å². The molecule has 0 saturated carbocycles. The minimum absolute atomic E-state index is 0.122. The van der Waals surface area contributed by atoms with Crippen LogP contribution in [0.4, 0.5) is 11.6 Å². The van der Waals surface area contributed by atoms with Crippen LogP contribution in [0.15, 0.2) is 12.4 Å². The zero-order valence-corrected chi connectivity index (χ0v) is 9.76. The van der Waals surface area contributed by atoms with Crippen molar-refractivity contribution in [3.8, 4) is 0 Å². The Hall–Kier alpha value is -1.89. The predicted octanol–water partition coefficient (Wildman–Crippen LogP) is -0.569. The molecule has 0 spiro atoms. The third kappa shape index (κ3) is 2.62. The summed E-state index contributed by atoms with van der Waals surface area (Å²) < 4.78 is 0. The summed E-state index contributed by atoms with van der Waals surface area (Å²) in [5.74, 6) is 6.84. The molecule has 0 unspecified atom stereocenters. The van der Waals surface area contributed by atoms with Crippen LogP contribution in [0.3, 0.4) is 0 Å². The number of hydrogen-bond donors (Lipinski definition) is 2. The Bertz CT molecular complexity index is 402. The minimum atomic E-state index is 0.122. The minimum Gasteiger partial charge on any atom is -0.353 e. The van der Waals surface area contributed by atoms with Crippen LogP contribution in [0.1, 0.15) is 6.92 Å². The van der Waals surface area contributed by atoms with Gasteiger partial charge in [-0.25, -0.2) is 15.8 Å². The fourth-order valence-electron chi connectivity index (χ4n) is 1.85. The van der Waals surface area contributed by atoms with E-state index in [1.165, 1.54) is 6.33 Å².